The largest absolute Gasteiger partial charge is 0.493 e. The Morgan fingerprint density at radius 1 is 1.08 bits per heavy atom. The Morgan fingerprint density at radius 2 is 1.81 bits per heavy atom. The summed E-state index contributed by atoms with van der Waals surface area (Å²) in [5.74, 6) is 1.79. The van der Waals surface area contributed by atoms with Crippen LogP contribution in [0.25, 0.3) is 11.1 Å². The molecular formula is C20H23NO4S. The van der Waals surface area contributed by atoms with E-state index in [1.54, 1.807) is 33.5 Å². The summed E-state index contributed by atoms with van der Waals surface area (Å²) < 4.78 is 16.8. The van der Waals surface area contributed by atoms with Gasteiger partial charge in [0.1, 0.15) is 0 Å². The Morgan fingerprint density at radius 3 is 2.42 bits per heavy atom. The quantitative estimate of drug-likeness (QED) is 0.806. The number of nitrogens with one attached hydrogen (secondary N) is 1. The van der Waals surface area contributed by atoms with Crippen LogP contribution in [0.2, 0.25) is 0 Å². The van der Waals surface area contributed by atoms with Crippen molar-refractivity contribution in [3.63, 3.8) is 0 Å². The summed E-state index contributed by atoms with van der Waals surface area (Å²) in [6.07, 6.45) is 1.67. The summed E-state index contributed by atoms with van der Waals surface area (Å²) >= 11 is 4.31. The van der Waals surface area contributed by atoms with Crippen molar-refractivity contribution in [3.05, 3.63) is 45.6 Å². The molecule has 0 spiro atoms. The van der Waals surface area contributed by atoms with Gasteiger partial charge in [-0.3, -0.25) is 4.79 Å². The van der Waals surface area contributed by atoms with Crippen LogP contribution in [0.5, 0.6) is 17.2 Å². The highest BCUT2D eigenvalue weighted by Gasteiger charge is 2.28. The van der Waals surface area contributed by atoms with Crippen LogP contribution in [0.3, 0.4) is 0 Å². The second kappa shape index (κ2) is 7.60. The average molecular weight is 373 g/mol. The molecular weight excluding hydrogens is 350 g/mol. The standard InChI is InChI=1S/C20H23NO4S/c1-21-14-7-5-11-9-16(23-2)19(24-3)20(25-4)18(11)12-6-8-17(26)15(22)10-13(12)14/h6,8-10,14,21H,5,7H2,1-4H3,(H,22,26)/t14-/m0/s1. The van der Waals surface area contributed by atoms with Gasteiger partial charge < -0.3 is 19.5 Å². The number of thiol groups is 1. The first-order valence-corrected chi connectivity index (χ1v) is 8.87. The molecule has 1 aliphatic rings. The number of methoxy groups -OCH3 is 3. The van der Waals surface area contributed by atoms with Crippen molar-refractivity contribution >= 4 is 12.6 Å². The highest BCUT2D eigenvalue weighted by atomic mass is 32.1. The second-order valence-electron chi connectivity index (χ2n) is 6.16. The van der Waals surface area contributed by atoms with Gasteiger partial charge in [-0.25, -0.2) is 0 Å². The fraction of sp³-hybridized carbons (Fsp3) is 0.350. The smallest absolute Gasteiger partial charge is 0.203 e. The molecule has 6 heteroatoms. The summed E-state index contributed by atoms with van der Waals surface area (Å²) in [5.41, 5.74) is 3.80. The van der Waals surface area contributed by atoms with Crippen LogP contribution < -0.4 is 25.0 Å². The van der Waals surface area contributed by atoms with Gasteiger partial charge in [-0.15, -0.1) is 12.6 Å². The Bertz CT molecular complexity index is 898. The molecule has 1 aliphatic carbocycles. The first-order chi connectivity index (χ1) is 12.5. The van der Waals surface area contributed by atoms with Crippen LogP contribution in [-0.2, 0) is 6.42 Å². The zero-order valence-electron chi connectivity index (χ0n) is 15.4. The third kappa shape index (κ3) is 3.04. The summed E-state index contributed by atoms with van der Waals surface area (Å²) in [6.45, 7) is 0. The number of aryl methyl sites for hydroxylation is 1. The molecule has 5 nitrogen and oxygen atoms in total. The fourth-order valence-corrected chi connectivity index (χ4v) is 3.74. The van der Waals surface area contributed by atoms with Crippen LogP contribution in [0.4, 0.5) is 0 Å². The predicted octanol–water partition coefficient (Wildman–Crippen LogP) is 3.24. The molecule has 26 heavy (non-hydrogen) atoms. The summed E-state index contributed by atoms with van der Waals surface area (Å²) in [4.78, 5) is 12.8. The molecule has 0 aromatic heterocycles. The van der Waals surface area contributed by atoms with E-state index in [4.69, 9.17) is 14.2 Å². The number of hydrogen-bond acceptors (Lipinski definition) is 6. The second-order valence-corrected chi connectivity index (χ2v) is 6.64. The molecule has 0 bridgehead atoms. The van der Waals surface area contributed by atoms with Gasteiger partial charge in [0.2, 0.25) is 5.75 Å². The fourth-order valence-electron chi connectivity index (χ4n) is 3.60. The van der Waals surface area contributed by atoms with Gasteiger partial charge in [0, 0.05) is 11.6 Å². The molecule has 0 heterocycles. The molecule has 3 rings (SSSR count). The zero-order chi connectivity index (χ0) is 18.8. The van der Waals surface area contributed by atoms with Crippen molar-refractivity contribution in [1.82, 2.24) is 5.32 Å². The molecule has 1 N–H and O–H groups in total. The van der Waals surface area contributed by atoms with Crippen molar-refractivity contribution in [2.75, 3.05) is 28.4 Å². The molecule has 2 aromatic rings. The van der Waals surface area contributed by atoms with E-state index < -0.39 is 0 Å². The van der Waals surface area contributed by atoms with Crippen molar-refractivity contribution < 1.29 is 14.2 Å². The molecule has 2 aromatic carbocycles. The topological polar surface area (TPSA) is 56.8 Å². The van der Waals surface area contributed by atoms with Crippen LogP contribution in [0.1, 0.15) is 23.6 Å². The summed E-state index contributed by atoms with van der Waals surface area (Å²) in [7, 11) is 6.72. The Hall–Kier alpha value is -2.18. The van der Waals surface area contributed by atoms with Crippen LogP contribution in [-0.4, -0.2) is 28.4 Å². The maximum Gasteiger partial charge on any atom is 0.203 e. The van der Waals surface area contributed by atoms with Crippen LogP contribution in [0, 0.1) is 0 Å². The monoisotopic (exact) mass is 373 g/mol. The van der Waals surface area contributed by atoms with Gasteiger partial charge in [-0.1, -0.05) is 6.07 Å². The minimum atomic E-state index is -0.0993. The minimum absolute atomic E-state index is 0.0481. The molecule has 0 fully saturated rings. The van der Waals surface area contributed by atoms with E-state index in [2.05, 4.69) is 17.9 Å². The van der Waals surface area contributed by atoms with Gasteiger partial charge in [0.25, 0.3) is 0 Å². The lowest BCUT2D eigenvalue weighted by atomic mass is 9.95. The highest BCUT2D eigenvalue weighted by Crippen LogP contribution is 2.50. The van der Waals surface area contributed by atoms with Crippen LogP contribution in [0.15, 0.2) is 34.0 Å². The third-order valence-corrected chi connectivity index (χ3v) is 5.23. The van der Waals surface area contributed by atoms with E-state index in [1.807, 2.05) is 19.2 Å². The minimum Gasteiger partial charge on any atom is -0.493 e. The number of rotatable bonds is 4. The van der Waals surface area contributed by atoms with E-state index in [-0.39, 0.29) is 11.5 Å². The molecule has 138 valence electrons. The predicted molar refractivity (Wildman–Crippen MR) is 105 cm³/mol. The average Bonchev–Trinajstić information content (AvgIpc) is 2.89. The normalized spacial score (nSPS) is 15.5. The number of ether oxygens (including phenoxy) is 3. The zero-order valence-corrected chi connectivity index (χ0v) is 16.3. The summed E-state index contributed by atoms with van der Waals surface area (Å²) in [5, 5.41) is 3.32. The van der Waals surface area contributed by atoms with Gasteiger partial charge in [0.05, 0.1) is 26.2 Å². The lowest BCUT2D eigenvalue weighted by molar-refractivity contribution is 0.324. The molecule has 0 saturated carbocycles. The van der Waals surface area contributed by atoms with E-state index in [1.165, 1.54) is 0 Å². The van der Waals surface area contributed by atoms with E-state index >= 15 is 0 Å². The maximum absolute atomic E-state index is 12.4. The molecule has 0 unspecified atom stereocenters. The van der Waals surface area contributed by atoms with E-state index in [0.29, 0.717) is 22.1 Å². The van der Waals surface area contributed by atoms with Crippen molar-refractivity contribution in [1.29, 1.82) is 0 Å². The van der Waals surface area contributed by atoms with Gasteiger partial charge in [-0.05, 0) is 54.8 Å². The highest BCUT2D eigenvalue weighted by molar-refractivity contribution is 7.80. The number of hydrogen-bond donors (Lipinski definition) is 2. The number of benzene rings is 1. The number of fused-ring (bicyclic) bond motifs is 3. The Labute approximate surface area is 158 Å². The van der Waals surface area contributed by atoms with E-state index in [9.17, 15) is 4.79 Å². The SMILES string of the molecule is CN[C@H]1CCc2cc(OC)c(OC)c(OC)c2-c2ccc(S)c(=O)cc21. The third-order valence-electron chi connectivity index (χ3n) is 4.87. The van der Waals surface area contributed by atoms with Gasteiger partial charge in [0.15, 0.2) is 16.9 Å². The van der Waals surface area contributed by atoms with Crippen molar-refractivity contribution in [2.24, 2.45) is 0 Å². The lowest BCUT2D eigenvalue weighted by Crippen LogP contribution is -2.17. The lowest BCUT2D eigenvalue weighted by Gasteiger charge is -2.19. The van der Waals surface area contributed by atoms with Crippen LogP contribution >= 0.6 is 12.6 Å². The van der Waals surface area contributed by atoms with Crippen molar-refractivity contribution in [3.8, 4) is 28.4 Å². The summed E-state index contributed by atoms with van der Waals surface area (Å²) in [6, 6.07) is 7.38. The Kier molecular flexibility index (Phi) is 5.44. The molecule has 1 atom stereocenters. The first kappa shape index (κ1) is 18.6. The first-order valence-electron chi connectivity index (χ1n) is 8.42. The molecule has 0 amide bonds. The Balaban J connectivity index is 2.44. The molecule has 0 aliphatic heterocycles. The van der Waals surface area contributed by atoms with E-state index in [0.717, 1.165) is 35.1 Å². The van der Waals surface area contributed by atoms with Gasteiger partial charge in [-0.2, -0.15) is 0 Å². The molecule has 0 saturated heterocycles. The van der Waals surface area contributed by atoms with Gasteiger partial charge >= 0.3 is 0 Å². The molecule has 0 radical (unpaired) electrons. The maximum atomic E-state index is 12.4. The van der Waals surface area contributed by atoms with Crippen molar-refractivity contribution in [2.45, 2.75) is 23.8 Å².